The van der Waals surface area contributed by atoms with Crippen LogP contribution in [0.5, 0.6) is 0 Å². The number of rotatable bonds is 9. The van der Waals surface area contributed by atoms with Crippen LogP contribution in [0.2, 0.25) is 0 Å². The van der Waals surface area contributed by atoms with E-state index in [1.54, 1.807) is 0 Å². The van der Waals surface area contributed by atoms with E-state index in [0.29, 0.717) is 25.6 Å². The first-order valence-electron chi connectivity index (χ1n) is 7.41. The van der Waals surface area contributed by atoms with Crippen molar-refractivity contribution in [2.75, 3.05) is 46.9 Å². The molecule has 19 heavy (non-hydrogen) atoms. The fourth-order valence-electron chi connectivity index (χ4n) is 2.18. The molecule has 1 heterocycles. The number of nitrogens with zero attached hydrogens (tertiary/aromatic N) is 1. The van der Waals surface area contributed by atoms with Gasteiger partial charge in [-0.1, -0.05) is 6.42 Å². The van der Waals surface area contributed by atoms with Crippen molar-refractivity contribution in [3.05, 3.63) is 0 Å². The molecule has 1 fully saturated rings. The molecular weight excluding hydrogens is 242 g/mol. The number of hydrogen-bond donors (Lipinski definition) is 2. The fourth-order valence-corrected chi connectivity index (χ4v) is 2.18. The van der Waals surface area contributed by atoms with Crippen LogP contribution in [-0.2, 0) is 9.53 Å². The predicted octanol–water partition coefficient (Wildman–Crippen LogP) is 0.603. The van der Waals surface area contributed by atoms with Crippen molar-refractivity contribution in [2.24, 2.45) is 0 Å². The second-order valence-electron chi connectivity index (χ2n) is 5.45. The smallest absolute Gasteiger partial charge is 0.220 e. The molecule has 0 aromatic rings. The molecule has 0 aromatic carbocycles. The van der Waals surface area contributed by atoms with E-state index in [9.17, 15) is 4.79 Å². The topological polar surface area (TPSA) is 53.6 Å². The summed E-state index contributed by atoms with van der Waals surface area (Å²) >= 11 is 0. The predicted molar refractivity (Wildman–Crippen MR) is 77.3 cm³/mol. The van der Waals surface area contributed by atoms with Gasteiger partial charge in [0.2, 0.25) is 5.91 Å². The van der Waals surface area contributed by atoms with E-state index in [1.807, 2.05) is 14.1 Å². The minimum Gasteiger partial charge on any atom is -0.378 e. The number of hydrogen-bond acceptors (Lipinski definition) is 4. The molecule has 1 aliphatic heterocycles. The Morgan fingerprint density at radius 1 is 1.37 bits per heavy atom. The zero-order chi connectivity index (χ0) is 13.9. The van der Waals surface area contributed by atoms with Crippen molar-refractivity contribution in [3.8, 4) is 0 Å². The Kier molecular flexibility index (Phi) is 8.79. The van der Waals surface area contributed by atoms with Crippen LogP contribution < -0.4 is 10.6 Å². The number of nitrogens with one attached hydrogen (secondary N) is 2. The molecule has 0 aromatic heterocycles. The van der Waals surface area contributed by atoms with Gasteiger partial charge in [0.25, 0.3) is 0 Å². The molecule has 1 amide bonds. The standard InChI is InChI=1S/C14H29N3O2/c1-17(2)10-12-19-11-9-16-14(18)7-6-13-5-3-4-8-15-13/h13,15H,3-12H2,1-2H3,(H,16,18). The summed E-state index contributed by atoms with van der Waals surface area (Å²) in [5.41, 5.74) is 0. The van der Waals surface area contributed by atoms with Gasteiger partial charge in [-0.15, -0.1) is 0 Å². The lowest BCUT2D eigenvalue weighted by Gasteiger charge is -2.23. The number of carbonyl (C=O) groups is 1. The summed E-state index contributed by atoms with van der Waals surface area (Å²) in [5, 5.41) is 6.36. The maximum absolute atomic E-state index is 11.6. The Labute approximate surface area is 117 Å². The van der Waals surface area contributed by atoms with E-state index < -0.39 is 0 Å². The summed E-state index contributed by atoms with van der Waals surface area (Å²) in [4.78, 5) is 13.7. The number of amides is 1. The van der Waals surface area contributed by atoms with E-state index >= 15 is 0 Å². The van der Waals surface area contributed by atoms with Gasteiger partial charge in [-0.25, -0.2) is 0 Å². The lowest BCUT2D eigenvalue weighted by atomic mass is 10.0. The van der Waals surface area contributed by atoms with Crippen LogP contribution >= 0.6 is 0 Å². The van der Waals surface area contributed by atoms with Crippen LogP contribution in [0, 0.1) is 0 Å². The highest BCUT2D eigenvalue weighted by Crippen LogP contribution is 2.11. The van der Waals surface area contributed by atoms with Crippen LogP contribution in [0.25, 0.3) is 0 Å². The molecule has 0 radical (unpaired) electrons. The van der Waals surface area contributed by atoms with Crippen molar-refractivity contribution < 1.29 is 9.53 Å². The Bertz CT molecular complexity index is 241. The summed E-state index contributed by atoms with van der Waals surface area (Å²) in [6.07, 6.45) is 5.34. The molecule has 1 unspecified atom stereocenters. The normalized spacial score (nSPS) is 19.6. The highest BCUT2D eigenvalue weighted by molar-refractivity contribution is 5.75. The van der Waals surface area contributed by atoms with E-state index in [1.165, 1.54) is 19.3 Å². The van der Waals surface area contributed by atoms with Gasteiger partial charge in [0.1, 0.15) is 0 Å². The minimum absolute atomic E-state index is 0.142. The summed E-state index contributed by atoms with van der Waals surface area (Å²) < 4.78 is 5.42. The third kappa shape index (κ3) is 8.97. The SMILES string of the molecule is CN(C)CCOCCNC(=O)CCC1CCCCN1. The number of piperidine rings is 1. The molecular formula is C14H29N3O2. The maximum atomic E-state index is 11.6. The van der Waals surface area contributed by atoms with E-state index in [-0.39, 0.29) is 5.91 Å². The van der Waals surface area contributed by atoms with Gasteiger partial charge in [0, 0.05) is 25.6 Å². The number of ether oxygens (including phenoxy) is 1. The van der Waals surface area contributed by atoms with Crippen molar-refractivity contribution in [3.63, 3.8) is 0 Å². The highest BCUT2D eigenvalue weighted by atomic mass is 16.5. The summed E-state index contributed by atoms with van der Waals surface area (Å²) in [6, 6.07) is 0.538. The molecule has 1 aliphatic rings. The molecule has 5 heteroatoms. The zero-order valence-corrected chi connectivity index (χ0v) is 12.4. The third-order valence-corrected chi connectivity index (χ3v) is 3.38. The molecule has 0 aliphatic carbocycles. The largest absolute Gasteiger partial charge is 0.378 e. The quantitative estimate of drug-likeness (QED) is 0.603. The zero-order valence-electron chi connectivity index (χ0n) is 12.4. The molecule has 0 spiro atoms. The van der Waals surface area contributed by atoms with Gasteiger partial charge in [0.15, 0.2) is 0 Å². The second kappa shape index (κ2) is 10.2. The van der Waals surface area contributed by atoms with Crippen LogP contribution in [0.4, 0.5) is 0 Å². The molecule has 5 nitrogen and oxygen atoms in total. The Morgan fingerprint density at radius 2 is 2.21 bits per heavy atom. The van der Waals surface area contributed by atoms with Gasteiger partial charge in [-0.3, -0.25) is 4.79 Å². The van der Waals surface area contributed by atoms with Crippen LogP contribution in [0.3, 0.4) is 0 Å². The average Bonchev–Trinajstić information content (AvgIpc) is 2.41. The van der Waals surface area contributed by atoms with Crippen molar-refractivity contribution in [1.82, 2.24) is 15.5 Å². The Hall–Kier alpha value is -0.650. The van der Waals surface area contributed by atoms with Gasteiger partial charge in [0.05, 0.1) is 13.2 Å². The van der Waals surface area contributed by atoms with Gasteiger partial charge < -0.3 is 20.3 Å². The highest BCUT2D eigenvalue weighted by Gasteiger charge is 2.13. The summed E-state index contributed by atoms with van der Waals surface area (Å²) in [5.74, 6) is 0.142. The minimum atomic E-state index is 0.142. The lowest BCUT2D eigenvalue weighted by Crippen LogP contribution is -2.35. The monoisotopic (exact) mass is 271 g/mol. The van der Waals surface area contributed by atoms with Crippen LogP contribution in [0.15, 0.2) is 0 Å². The summed E-state index contributed by atoms with van der Waals surface area (Å²) in [6.45, 7) is 3.95. The number of likely N-dealkylation sites (N-methyl/N-ethyl adjacent to an activating group) is 1. The Morgan fingerprint density at radius 3 is 2.89 bits per heavy atom. The molecule has 0 bridgehead atoms. The molecule has 112 valence electrons. The van der Waals surface area contributed by atoms with Gasteiger partial charge >= 0.3 is 0 Å². The van der Waals surface area contributed by atoms with E-state index in [2.05, 4.69) is 15.5 Å². The third-order valence-electron chi connectivity index (χ3n) is 3.38. The van der Waals surface area contributed by atoms with Crippen LogP contribution in [0.1, 0.15) is 32.1 Å². The van der Waals surface area contributed by atoms with Crippen molar-refractivity contribution >= 4 is 5.91 Å². The van der Waals surface area contributed by atoms with E-state index in [0.717, 1.165) is 26.1 Å². The maximum Gasteiger partial charge on any atom is 0.220 e. The molecule has 2 N–H and O–H groups in total. The average molecular weight is 271 g/mol. The fraction of sp³-hybridized carbons (Fsp3) is 0.929. The van der Waals surface area contributed by atoms with Gasteiger partial charge in [-0.05, 0) is 39.9 Å². The molecule has 1 saturated heterocycles. The first-order valence-corrected chi connectivity index (χ1v) is 7.41. The lowest BCUT2D eigenvalue weighted by molar-refractivity contribution is -0.121. The summed E-state index contributed by atoms with van der Waals surface area (Å²) in [7, 11) is 4.04. The first kappa shape index (κ1) is 16.4. The van der Waals surface area contributed by atoms with Crippen molar-refractivity contribution in [1.29, 1.82) is 0 Å². The molecule has 0 saturated carbocycles. The van der Waals surface area contributed by atoms with Gasteiger partial charge in [-0.2, -0.15) is 0 Å². The van der Waals surface area contributed by atoms with Crippen LogP contribution in [-0.4, -0.2) is 63.8 Å². The van der Waals surface area contributed by atoms with Crippen molar-refractivity contribution in [2.45, 2.75) is 38.1 Å². The molecule has 1 atom stereocenters. The molecule has 1 rings (SSSR count). The number of carbonyl (C=O) groups excluding carboxylic acids is 1. The first-order chi connectivity index (χ1) is 9.18. The Balaban J connectivity index is 1.90. The van der Waals surface area contributed by atoms with E-state index in [4.69, 9.17) is 4.74 Å². The second-order valence-corrected chi connectivity index (χ2v) is 5.45.